The highest BCUT2D eigenvalue weighted by atomic mass is 16.6. The molecule has 0 spiro atoms. The van der Waals surface area contributed by atoms with Crippen LogP contribution in [-0.2, 0) is 9.53 Å². The molecule has 1 fully saturated rings. The van der Waals surface area contributed by atoms with Crippen LogP contribution in [0.4, 0.5) is 4.79 Å². The molecule has 7 heteroatoms. The van der Waals surface area contributed by atoms with Crippen LogP contribution in [0.25, 0.3) is 6.08 Å². The quantitative estimate of drug-likeness (QED) is 0.802. The molecule has 7 nitrogen and oxygen atoms in total. The van der Waals surface area contributed by atoms with E-state index in [1.807, 2.05) is 0 Å². The van der Waals surface area contributed by atoms with Crippen molar-refractivity contribution in [2.24, 2.45) is 0 Å². The molecule has 0 unspecified atom stereocenters. The minimum atomic E-state index is -0.293. The van der Waals surface area contributed by atoms with Gasteiger partial charge in [0, 0.05) is 44.9 Å². The largest absolute Gasteiger partial charge is 0.450 e. The molecule has 3 amide bonds. The van der Waals surface area contributed by atoms with Crippen molar-refractivity contribution in [3.63, 3.8) is 0 Å². The fraction of sp³-hybridized carbons (Fsp3) is 0.450. The van der Waals surface area contributed by atoms with Crippen LogP contribution in [0, 0.1) is 0 Å². The van der Waals surface area contributed by atoms with Gasteiger partial charge in [-0.1, -0.05) is 12.1 Å². The Morgan fingerprint density at radius 1 is 1.19 bits per heavy atom. The molecule has 0 aromatic heterocycles. The Kier molecular flexibility index (Phi) is 7.40. The summed E-state index contributed by atoms with van der Waals surface area (Å²) >= 11 is 0. The van der Waals surface area contributed by atoms with Crippen molar-refractivity contribution in [1.29, 1.82) is 0 Å². The van der Waals surface area contributed by atoms with Gasteiger partial charge in [-0.3, -0.25) is 9.59 Å². The number of rotatable bonds is 5. The van der Waals surface area contributed by atoms with Gasteiger partial charge in [-0.25, -0.2) is 4.79 Å². The molecule has 0 saturated carbocycles. The third-order valence-electron chi connectivity index (χ3n) is 4.36. The molecule has 1 saturated heterocycles. The number of hydrogen-bond donors (Lipinski definition) is 1. The van der Waals surface area contributed by atoms with Crippen molar-refractivity contribution in [2.45, 2.75) is 25.8 Å². The van der Waals surface area contributed by atoms with E-state index in [2.05, 4.69) is 5.32 Å². The maximum atomic E-state index is 12.1. The van der Waals surface area contributed by atoms with Crippen LogP contribution in [0.3, 0.4) is 0 Å². The number of nitrogens with zero attached hydrogens (tertiary/aromatic N) is 2. The molecule has 1 aromatic carbocycles. The average molecular weight is 373 g/mol. The van der Waals surface area contributed by atoms with Crippen molar-refractivity contribution >= 4 is 24.0 Å². The summed E-state index contributed by atoms with van der Waals surface area (Å²) in [6.07, 6.45) is 4.32. The number of carbonyl (C=O) groups excluding carboxylic acids is 3. The van der Waals surface area contributed by atoms with Crippen LogP contribution in [0.15, 0.2) is 30.3 Å². The molecule has 1 aliphatic rings. The van der Waals surface area contributed by atoms with Crippen molar-refractivity contribution in [2.75, 3.05) is 33.8 Å². The molecule has 1 heterocycles. The van der Waals surface area contributed by atoms with Crippen LogP contribution < -0.4 is 5.32 Å². The zero-order valence-corrected chi connectivity index (χ0v) is 16.1. The number of amides is 3. The summed E-state index contributed by atoms with van der Waals surface area (Å²) in [4.78, 5) is 38.8. The lowest BCUT2D eigenvalue weighted by atomic mass is 10.1. The lowest BCUT2D eigenvalue weighted by molar-refractivity contribution is -0.117. The molecule has 0 radical (unpaired) electrons. The van der Waals surface area contributed by atoms with E-state index in [0.29, 0.717) is 38.1 Å². The topological polar surface area (TPSA) is 79.0 Å². The van der Waals surface area contributed by atoms with Crippen LogP contribution in [0.2, 0.25) is 0 Å². The average Bonchev–Trinajstić information content (AvgIpc) is 2.67. The summed E-state index contributed by atoms with van der Waals surface area (Å²) in [5.74, 6) is -0.226. The van der Waals surface area contributed by atoms with Crippen molar-refractivity contribution in [3.8, 4) is 0 Å². The smallest absolute Gasteiger partial charge is 0.409 e. The first kappa shape index (κ1) is 20.5. The van der Waals surface area contributed by atoms with E-state index in [9.17, 15) is 14.4 Å². The molecule has 146 valence electrons. The van der Waals surface area contributed by atoms with E-state index in [1.54, 1.807) is 56.3 Å². The Morgan fingerprint density at radius 3 is 2.37 bits per heavy atom. The molecular formula is C20H27N3O4. The zero-order valence-electron chi connectivity index (χ0n) is 16.1. The van der Waals surface area contributed by atoms with Crippen molar-refractivity contribution in [3.05, 3.63) is 41.5 Å². The number of benzene rings is 1. The minimum absolute atomic E-state index is 0.0490. The lowest BCUT2D eigenvalue weighted by Crippen LogP contribution is -2.46. The Balaban J connectivity index is 1.80. The first-order valence-corrected chi connectivity index (χ1v) is 9.12. The number of likely N-dealkylation sites (tertiary alicyclic amines) is 1. The van der Waals surface area contributed by atoms with Gasteiger partial charge in [-0.15, -0.1) is 0 Å². The molecule has 0 aliphatic carbocycles. The van der Waals surface area contributed by atoms with E-state index in [1.165, 1.54) is 11.0 Å². The predicted octanol–water partition coefficient (Wildman–Crippen LogP) is 2.14. The predicted molar refractivity (Wildman–Crippen MR) is 103 cm³/mol. The van der Waals surface area contributed by atoms with Gasteiger partial charge in [0.1, 0.15) is 0 Å². The van der Waals surface area contributed by atoms with Gasteiger partial charge in [-0.2, -0.15) is 0 Å². The van der Waals surface area contributed by atoms with E-state index in [4.69, 9.17) is 4.74 Å². The Hall–Kier alpha value is -2.83. The molecule has 1 aromatic rings. The Morgan fingerprint density at radius 2 is 1.81 bits per heavy atom. The number of piperidine rings is 1. The third kappa shape index (κ3) is 6.13. The number of carbonyl (C=O) groups is 3. The molecule has 0 bridgehead atoms. The van der Waals surface area contributed by atoms with Gasteiger partial charge < -0.3 is 19.9 Å². The fourth-order valence-electron chi connectivity index (χ4n) is 2.84. The highest BCUT2D eigenvalue weighted by Gasteiger charge is 2.23. The standard InChI is InChI=1S/C20H27N3O4/c1-4-27-20(26)23-13-11-17(12-14-23)21-18(24)10-7-15-5-8-16(9-6-15)19(25)22(2)3/h5-10,17H,4,11-14H2,1-3H3,(H,21,24)/b10-7+. The van der Waals surface area contributed by atoms with E-state index in [-0.39, 0.29) is 23.9 Å². The van der Waals surface area contributed by atoms with Gasteiger partial charge in [0.05, 0.1) is 6.61 Å². The first-order valence-electron chi connectivity index (χ1n) is 9.12. The van der Waals surface area contributed by atoms with Gasteiger partial charge in [0.25, 0.3) is 5.91 Å². The number of ether oxygens (including phenoxy) is 1. The minimum Gasteiger partial charge on any atom is -0.450 e. The highest BCUT2D eigenvalue weighted by molar-refractivity contribution is 5.94. The summed E-state index contributed by atoms with van der Waals surface area (Å²) in [7, 11) is 3.41. The van der Waals surface area contributed by atoms with Crippen LogP contribution in [0.1, 0.15) is 35.7 Å². The highest BCUT2D eigenvalue weighted by Crippen LogP contribution is 2.12. The van der Waals surface area contributed by atoms with E-state index >= 15 is 0 Å². The first-order chi connectivity index (χ1) is 12.9. The van der Waals surface area contributed by atoms with Crippen molar-refractivity contribution < 1.29 is 19.1 Å². The molecule has 2 rings (SSSR count). The third-order valence-corrected chi connectivity index (χ3v) is 4.36. The fourth-order valence-corrected chi connectivity index (χ4v) is 2.84. The summed E-state index contributed by atoms with van der Waals surface area (Å²) in [6, 6.07) is 7.14. The summed E-state index contributed by atoms with van der Waals surface area (Å²) in [6.45, 7) is 3.30. The number of hydrogen-bond acceptors (Lipinski definition) is 4. The molecule has 1 aliphatic heterocycles. The van der Waals surface area contributed by atoms with Gasteiger partial charge in [0.2, 0.25) is 5.91 Å². The van der Waals surface area contributed by atoms with Crippen molar-refractivity contribution in [1.82, 2.24) is 15.1 Å². The molecule has 27 heavy (non-hydrogen) atoms. The van der Waals surface area contributed by atoms with Gasteiger partial charge >= 0.3 is 6.09 Å². The van der Waals surface area contributed by atoms with E-state index in [0.717, 1.165) is 5.56 Å². The molecule has 1 N–H and O–H groups in total. The summed E-state index contributed by atoms with van der Waals surface area (Å²) in [5, 5.41) is 2.96. The normalized spacial score (nSPS) is 14.9. The second kappa shape index (κ2) is 9.75. The van der Waals surface area contributed by atoms with Gasteiger partial charge in [-0.05, 0) is 43.5 Å². The maximum Gasteiger partial charge on any atom is 0.409 e. The Bertz CT molecular complexity index is 690. The SMILES string of the molecule is CCOC(=O)N1CCC(NC(=O)/C=C/c2ccc(C(=O)N(C)C)cc2)CC1. The zero-order chi connectivity index (χ0) is 19.8. The number of nitrogens with one attached hydrogen (secondary N) is 1. The lowest BCUT2D eigenvalue weighted by Gasteiger charge is -2.31. The second-order valence-corrected chi connectivity index (χ2v) is 6.62. The summed E-state index contributed by atoms with van der Waals surface area (Å²) in [5.41, 5.74) is 1.45. The van der Waals surface area contributed by atoms with E-state index < -0.39 is 0 Å². The molecular weight excluding hydrogens is 346 g/mol. The monoisotopic (exact) mass is 373 g/mol. The molecule has 0 atom stereocenters. The maximum absolute atomic E-state index is 12.1. The van der Waals surface area contributed by atoms with Gasteiger partial charge in [0.15, 0.2) is 0 Å². The second-order valence-electron chi connectivity index (χ2n) is 6.62. The van der Waals surface area contributed by atoms with Crippen LogP contribution >= 0.6 is 0 Å². The van der Waals surface area contributed by atoms with Crippen LogP contribution in [0.5, 0.6) is 0 Å². The van der Waals surface area contributed by atoms with Crippen LogP contribution in [-0.4, -0.2) is 67.5 Å². The summed E-state index contributed by atoms with van der Waals surface area (Å²) < 4.78 is 4.99. The Labute approximate surface area is 160 Å².